The second kappa shape index (κ2) is 4.05. The van der Waals surface area contributed by atoms with E-state index in [4.69, 9.17) is 17.3 Å². The molecule has 0 unspecified atom stereocenters. The zero-order chi connectivity index (χ0) is 13.5. The standard InChI is InChI=1S/C9H6ClF3N4O/c10-5-1-4(9(11,12)13)3-15-8(5)17-6(14)2-7(18)16-17/h1-3H,14H2,(H,16,18). The van der Waals surface area contributed by atoms with Crippen LogP contribution in [0.25, 0.3) is 5.82 Å². The molecule has 0 saturated heterocycles. The van der Waals surface area contributed by atoms with Crippen LogP contribution in [0.2, 0.25) is 5.02 Å². The van der Waals surface area contributed by atoms with Crippen LogP contribution >= 0.6 is 11.6 Å². The van der Waals surface area contributed by atoms with Gasteiger partial charge >= 0.3 is 6.18 Å². The second-order valence-corrected chi connectivity index (χ2v) is 3.82. The van der Waals surface area contributed by atoms with Crippen molar-refractivity contribution in [1.82, 2.24) is 14.8 Å². The molecule has 0 saturated carbocycles. The van der Waals surface area contributed by atoms with Crippen LogP contribution in [0.15, 0.2) is 23.1 Å². The van der Waals surface area contributed by atoms with Crippen molar-refractivity contribution in [1.29, 1.82) is 0 Å². The predicted molar refractivity (Wildman–Crippen MR) is 58.6 cm³/mol. The fourth-order valence-electron chi connectivity index (χ4n) is 1.33. The molecular weight excluding hydrogens is 273 g/mol. The average Bonchev–Trinajstić information content (AvgIpc) is 2.56. The van der Waals surface area contributed by atoms with Gasteiger partial charge in [0, 0.05) is 12.3 Å². The van der Waals surface area contributed by atoms with Gasteiger partial charge in [-0.05, 0) is 6.07 Å². The van der Waals surface area contributed by atoms with E-state index in [-0.39, 0.29) is 16.7 Å². The molecule has 0 aromatic carbocycles. The molecule has 2 rings (SSSR count). The first-order valence-electron chi connectivity index (χ1n) is 4.59. The normalized spacial score (nSPS) is 11.8. The minimum absolute atomic E-state index is 0.00541. The Balaban J connectivity index is 2.55. The Morgan fingerprint density at radius 2 is 2.06 bits per heavy atom. The maximum atomic E-state index is 12.4. The Hall–Kier alpha value is -1.96. The maximum absolute atomic E-state index is 12.4. The number of aromatic nitrogens is 3. The number of pyridine rings is 1. The average molecular weight is 279 g/mol. The first-order valence-corrected chi connectivity index (χ1v) is 4.97. The highest BCUT2D eigenvalue weighted by Gasteiger charge is 2.31. The zero-order valence-electron chi connectivity index (χ0n) is 8.62. The highest BCUT2D eigenvalue weighted by Crippen LogP contribution is 2.31. The molecule has 3 N–H and O–H groups in total. The first kappa shape index (κ1) is 12.5. The summed E-state index contributed by atoms with van der Waals surface area (Å²) >= 11 is 5.69. The minimum atomic E-state index is -4.54. The Morgan fingerprint density at radius 3 is 2.50 bits per heavy atom. The molecule has 0 fully saturated rings. The zero-order valence-corrected chi connectivity index (χ0v) is 9.38. The summed E-state index contributed by atoms with van der Waals surface area (Å²) in [5, 5.41) is 1.99. The smallest absolute Gasteiger partial charge is 0.383 e. The van der Waals surface area contributed by atoms with E-state index >= 15 is 0 Å². The number of nitrogen functional groups attached to an aromatic ring is 1. The summed E-state index contributed by atoms with van der Waals surface area (Å²) in [4.78, 5) is 14.6. The topological polar surface area (TPSA) is 76.7 Å². The van der Waals surface area contributed by atoms with Crippen LogP contribution in [0.5, 0.6) is 0 Å². The molecule has 0 aliphatic carbocycles. The van der Waals surface area contributed by atoms with E-state index in [2.05, 4.69) is 10.1 Å². The number of nitrogens with zero attached hydrogens (tertiary/aromatic N) is 2. The monoisotopic (exact) mass is 278 g/mol. The summed E-state index contributed by atoms with van der Waals surface area (Å²) in [6, 6.07) is 1.78. The lowest BCUT2D eigenvalue weighted by atomic mass is 10.3. The van der Waals surface area contributed by atoms with Gasteiger partial charge in [0.1, 0.15) is 5.82 Å². The highest BCUT2D eigenvalue weighted by molar-refractivity contribution is 6.32. The molecule has 5 nitrogen and oxygen atoms in total. The number of hydrogen-bond acceptors (Lipinski definition) is 3. The van der Waals surface area contributed by atoms with E-state index in [1.165, 1.54) is 0 Å². The number of aromatic amines is 1. The summed E-state index contributed by atoms with van der Waals surface area (Å²) in [6.45, 7) is 0. The summed E-state index contributed by atoms with van der Waals surface area (Å²) in [6.07, 6.45) is -3.93. The van der Waals surface area contributed by atoms with Crippen LogP contribution in [-0.2, 0) is 6.18 Å². The van der Waals surface area contributed by atoms with Gasteiger partial charge in [-0.2, -0.15) is 13.2 Å². The van der Waals surface area contributed by atoms with E-state index in [0.717, 1.165) is 10.7 Å². The molecule has 2 aromatic heterocycles. The number of nitrogens with one attached hydrogen (secondary N) is 1. The lowest BCUT2D eigenvalue weighted by molar-refractivity contribution is -0.137. The number of halogens is 4. The van der Waals surface area contributed by atoms with Crippen molar-refractivity contribution in [2.75, 3.05) is 5.73 Å². The van der Waals surface area contributed by atoms with Gasteiger partial charge in [-0.25, -0.2) is 9.67 Å². The molecule has 2 heterocycles. The van der Waals surface area contributed by atoms with E-state index in [1.807, 2.05) is 0 Å². The van der Waals surface area contributed by atoms with Crippen LogP contribution in [-0.4, -0.2) is 14.8 Å². The lowest BCUT2D eigenvalue weighted by Crippen LogP contribution is -2.10. The van der Waals surface area contributed by atoms with Crippen LogP contribution < -0.4 is 11.3 Å². The van der Waals surface area contributed by atoms with Gasteiger partial charge in [0.05, 0.1) is 10.6 Å². The highest BCUT2D eigenvalue weighted by atomic mass is 35.5. The van der Waals surface area contributed by atoms with Crippen molar-refractivity contribution in [3.05, 3.63) is 39.3 Å². The third kappa shape index (κ3) is 2.19. The van der Waals surface area contributed by atoms with Crippen LogP contribution in [0, 0.1) is 0 Å². The molecule has 0 spiro atoms. The van der Waals surface area contributed by atoms with E-state index < -0.39 is 17.3 Å². The molecule has 2 aromatic rings. The number of nitrogens with two attached hydrogens (primary N) is 1. The minimum Gasteiger partial charge on any atom is -0.383 e. The second-order valence-electron chi connectivity index (χ2n) is 3.41. The number of rotatable bonds is 1. The first-order chi connectivity index (χ1) is 8.29. The molecule has 9 heteroatoms. The van der Waals surface area contributed by atoms with Gasteiger partial charge in [-0.15, -0.1) is 0 Å². The number of anilines is 1. The summed E-state index contributed by atoms with van der Waals surface area (Å²) in [5.74, 6) is -0.0848. The van der Waals surface area contributed by atoms with Gasteiger partial charge in [-0.1, -0.05) is 11.6 Å². The van der Waals surface area contributed by atoms with Gasteiger partial charge in [0.25, 0.3) is 5.56 Å². The van der Waals surface area contributed by atoms with E-state index in [0.29, 0.717) is 12.3 Å². The summed E-state index contributed by atoms with van der Waals surface area (Å²) in [7, 11) is 0. The SMILES string of the molecule is Nc1cc(=O)[nH]n1-c1ncc(C(F)(F)F)cc1Cl. The molecule has 96 valence electrons. The quantitative estimate of drug-likeness (QED) is 0.835. The third-order valence-electron chi connectivity index (χ3n) is 2.12. The Bertz CT molecular complexity index is 646. The lowest BCUT2D eigenvalue weighted by Gasteiger charge is -2.10. The van der Waals surface area contributed by atoms with Crippen molar-refractivity contribution < 1.29 is 13.2 Å². The molecule has 0 aliphatic heterocycles. The molecular formula is C9H6ClF3N4O. The molecule has 0 amide bonds. The van der Waals surface area contributed by atoms with Gasteiger partial charge in [-0.3, -0.25) is 9.89 Å². The van der Waals surface area contributed by atoms with Crippen molar-refractivity contribution in [3.63, 3.8) is 0 Å². The van der Waals surface area contributed by atoms with Gasteiger partial charge in [0.15, 0.2) is 5.82 Å². The molecule has 0 bridgehead atoms. The fraction of sp³-hybridized carbons (Fsp3) is 0.111. The Kier molecular flexibility index (Phi) is 2.81. The molecule has 0 aliphatic rings. The van der Waals surface area contributed by atoms with Crippen LogP contribution in [0.4, 0.5) is 19.0 Å². The van der Waals surface area contributed by atoms with Gasteiger partial charge < -0.3 is 5.73 Å². The van der Waals surface area contributed by atoms with Crippen LogP contribution in [0.3, 0.4) is 0 Å². The number of H-pyrrole nitrogens is 1. The van der Waals surface area contributed by atoms with E-state index in [9.17, 15) is 18.0 Å². The third-order valence-corrected chi connectivity index (χ3v) is 2.40. The Morgan fingerprint density at radius 1 is 1.39 bits per heavy atom. The van der Waals surface area contributed by atoms with E-state index in [1.54, 1.807) is 0 Å². The summed E-state index contributed by atoms with van der Waals surface area (Å²) in [5.41, 5.74) is 3.99. The fourth-order valence-corrected chi connectivity index (χ4v) is 1.58. The Labute approximate surface area is 103 Å². The van der Waals surface area contributed by atoms with Crippen molar-refractivity contribution >= 4 is 17.4 Å². The predicted octanol–water partition coefficient (Wildman–Crippen LogP) is 1.81. The van der Waals surface area contributed by atoms with Crippen LogP contribution in [0.1, 0.15) is 5.56 Å². The van der Waals surface area contributed by atoms with Crippen molar-refractivity contribution in [3.8, 4) is 5.82 Å². The number of hydrogen-bond donors (Lipinski definition) is 2. The molecule has 0 radical (unpaired) electrons. The molecule has 18 heavy (non-hydrogen) atoms. The molecule has 0 atom stereocenters. The summed E-state index contributed by atoms with van der Waals surface area (Å²) < 4.78 is 38.2. The maximum Gasteiger partial charge on any atom is 0.417 e. The largest absolute Gasteiger partial charge is 0.417 e. The number of alkyl halides is 3. The van der Waals surface area contributed by atoms with Crippen molar-refractivity contribution in [2.24, 2.45) is 0 Å². The van der Waals surface area contributed by atoms with Crippen molar-refractivity contribution in [2.45, 2.75) is 6.18 Å². The van der Waals surface area contributed by atoms with Gasteiger partial charge in [0.2, 0.25) is 0 Å².